The molecule has 3 rings (SSSR count). The highest BCUT2D eigenvalue weighted by Gasteiger charge is 2.09. The Bertz CT molecular complexity index is 910. The van der Waals surface area contributed by atoms with Crippen molar-refractivity contribution in [1.82, 2.24) is 0 Å². The van der Waals surface area contributed by atoms with Crippen LogP contribution in [0.15, 0.2) is 72.8 Å². The van der Waals surface area contributed by atoms with Gasteiger partial charge in [-0.15, -0.1) is 0 Å². The molecule has 3 N–H and O–H groups in total. The number of ketones is 1. The lowest BCUT2D eigenvalue weighted by molar-refractivity contribution is 0.103. The van der Waals surface area contributed by atoms with E-state index in [0.717, 1.165) is 5.69 Å². The van der Waals surface area contributed by atoms with Gasteiger partial charge in [-0.05, 0) is 42.5 Å². The Kier molecular flexibility index (Phi) is 4.26. The molecular formula is C20H15N3O. The van der Waals surface area contributed by atoms with Crippen molar-refractivity contribution in [2.75, 3.05) is 11.1 Å². The van der Waals surface area contributed by atoms with Crippen molar-refractivity contribution in [3.05, 3.63) is 89.5 Å². The van der Waals surface area contributed by atoms with Gasteiger partial charge in [-0.25, -0.2) is 0 Å². The molecule has 24 heavy (non-hydrogen) atoms. The van der Waals surface area contributed by atoms with Gasteiger partial charge in [0.2, 0.25) is 0 Å². The molecule has 0 heterocycles. The molecule has 0 spiro atoms. The Morgan fingerprint density at radius 2 is 1.58 bits per heavy atom. The maximum Gasteiger partial charge on any atom is 0.193 e. The molecule has 0 bridgehead atoms. The predicted molar refractivity (Wildman–Crippen MR) is 95.2 cm³/mol. The van der Waals surface area contributed by atoms with Gasteiger partial charge in [-0.2, -0.15) is 5.26 Å². The number of hydrogen-bond acceptors (Lipinski definition) is 4. The highest BCUT2D eigenvalue weighted by Crippen LogP contribution is 2.23. The van der Waals surface area contributed by atoms with Crippen molar-refractivity contribution < 1.29 is 4.79 Å². The number of hydrogen-bond donors (Lipinski definition) is 2. The van der Waals surface area contributed by atoms with Crippen LogP contribution in [-0.2, 0) is 0 Å². The maximum atomic E-state index is 12.4. The molecule has 0 amide bonds. The lowest BCUT2D eigenvalue weighted by atomic mass is 10.0. The SMILES string of the molecule is N#Cc1cc(N)ccc1Nc1ccc(C(=O)c2ccccc2)cc1. The van der Waals surface area contributed by atoms with Crippen LogP contribution in [-0.4, -0.2) is 5.78 Å². The maximum absolute atomic E-state index is 12.4. The number of nitrogen functional groups attached to an aromatic ring is 1. The summed E-state index contributed by atoms with van der Waals surface area (Å²) in [5.41, 5.74) is 9.44. The molecule has 0 aliphatic carbocycles. The standard InChI is InChI=1S/C20H15N3O/c21-13-16-12-17(22)8-11-19(16)23-18-9-6-15(7-10-18)20(24)14-4-2-1-3-5-14/h1-12,23H,22H2. The molecule has 0 aliphatic heterocycles. The fourth-order valence-electron chi connectivity index (χ4n) is 2.38. The Labute approximate surface area is 140 Å². The summed E-state index contributed by atoms with van der Waals surface area (Å²) >= 11 is 0. The summed E-state index contributed by atoms with van der Waals surface area (Å²) in [7, 11) is 0. The van der Waals surface area contributed by atoms with Gasteiger partial charge in [0.25, 0.3) is 0 Å². The van der Waals surface area contributed by atoms with Crippen LogP contribution in [0.5, 0.6) is 0 Å². The summed E-state index contributed by atoms with van der Waals surface area (Å²) in [6, 6.07) is 23.5. The first-order chi connectivity index (χ1) is 11.7. The monoisotopic (exact) mass is 313 g/mol. The van der Waals surface area contributed by atoms with Gasteiger partial charge in [0.05, 0.1) is 11.3 Å². The average molecular weight is 313 g/mol. The summed E-state index contributed by atoms with van der Waals surface area (Å²) in [5, 5.41) is 12.3. The van der Waals surface area contributed by atoms with Gasteiger partial charge in [0, 0.05) is 22.5 Å². The Balaban J connectivity index is 1.81. The van der Waals surface area contributed by atoms with Crippen molar-refractivity contribution in [3.63, 3.8) is 0 Å². The molecule has 4 heteroatoms. The van der Waals surface area contributed by atoms with Crippen LogP contribution in [0, 0.1) is 11.3 Å². The number of carbonyl (C=O) groups excluding carboxylic acids is 1. The second-order valence-electron chi connectivity index (χ2n) is 5.31. The summed E-state index contributed by atoms with van der Waals surface area (Å²) in [4.78, 5) is 12.4. The Morgan fingerprint density at radius 1 is 0.917 bits per heavy atom. The molecule has 3 aromatic carbocycles. The van der Waals surface area contributed by atoms with Gasteiger partial charge < -0.3 is 11.1 Å². The van der Waals surface area contributed by atoms with Crippen LogP contribution < -0.4 is 11.1 Å². The van der Waals surface area contributed by atoms with E-state index in [2.05, 4.69) is 11.4 Å². The van der Waals surface area contributed by atoms with Crippen molar-refractivity contribution in [1.29, 1.82) is 5.26 Å². The first-order valence-electron chi connectivity index (χ1n) is 7.44. The number of benzene rings is 3. The lowest BCUT2D eigenvalue weighted by Crippen LogP contribution is -2.01. The minimum Gasteiger partial charge on any atom is -0.399 e. The van der Waals surface area contributed by atoms with Crippen LogP contribution in [0.1, 0.15) is 21.5 Å². The summed E-state index contributed by atoms with van der Waals surface area (Å²) in [6.45, 7) is 0. The molecule has 0 unspecified atom stereocenters. The molecule has 3 aromatic rings. The van der Waals surface area contributed by atoms with E-state index in [1.807, 2.05) is 30.3 Å². The van der Waals surface area contributed by atoms with E-state index in [0.29, 0.717) is 28.1 Å². The number of nitrogens with one attached hydrogen (secondary N) is 1. The van der Waals surface area contributed by atoms with E-state index >= 15 is 0 Å². The molecule has 0 radical (unpaired) electrons. The minimum atomic E-state index is -0.0210. The third kappa shape index (κ3) is 3.26. The second-order valence-corrected chi connectivity index (χ2v) is 5.31. The molecular weight excluding hydrogens is 298 g/mol. The summed E-state index contributed by atoms with van der Waals surface area (Å²) < 4.78 is 0. The van der Waals surface area contributed by atoms with E-state index in [1.54, 1.807) is 42.5 Å². The zero-order valence-electron chi connectivity index (χ0n) is 12.9. The number of rotatable bonds is 4. The predicted octanol–water partition coefficient (Wildman–Crippen LogP) is 4.12. The number of anilines is 3. The number of nitrogens with two attached hydrogens (primary N) is 1. The molecule has 0 saturated heterocycles. The van der Waals surface area contributed by atoms with Crippen LogP contribution in [0.4, 0.5) is 17.1 Å². The number of nitrogens with zero attached hydrogens (tertiary/aromatic N) is 1. The van der Waals surface area contributed by atoms with Crippen molar-refractivity contribution in [2.24, 2.45) is 0 Å². The van der Waals surface area contributed by atoms with E-state index < -0.39 is 0 Å². The van der Waals surface area contributed by atoms with Gasteiger partial charge in [0.15, 0.2) is 5.78 Å². The zero-order chi connectivity index (χ0) is 16.9. The van der Waals surface area contributed by atoms with E-state index in [4.69, 9.17) is 5.73 Å². The molecule has 0 saturated carbocycles. The Morgan fingerprint density at radius 3 is 2.25 bits per heavy atom. The molecule has 0 aromatic heterocycles. The van der Waals surface area contributed by atoms with E-state index in [-0.39, 0.29) is 5.78 Å². The van der Waals surface area contributed by atoms with Crippen LogP contribution >= 0.6 is 0 Å². The van der Waals surface area contributed by atoms with Crippen LogP contribution in [0.2, 0.25) is 0 Å². The van der Waals surface area contributed by atoms with Crippen molar-refractivity contribution >= 4 is 22.8 Å². The van der Waals surface area contributed by atoms with Crippen LogP contribution in [0.25, 0.3) is 0 Å². The van der Waals surface area contributed by atoms with E-state index in [9.17, 15) is 10.1 Å². The second kappa shape index (κ2) is 6.67. The topological polar surface area (TPSA) is 78.9 Å². The van der Waals surface area contributed by atoms with Gasteiger partial charge in [-0.1, -0.05) is 30.3 Å². The average Bonchev–Trinajstić information content (AvgIpc) is 2.64. The Hall–Kier alpha value is -3.58. The molecule has 0 fully saturated rings. The van der Waals surface area contributed by atoms with Gasteiger partial charge >= 0.3 is 0 Å². The third-order valence-electron chi connectivity index (χ3n) is 3.63. The zero-order valence-corrected chi connectivity index (χ0v) is 12.9. The largest absolute Gasteiger partial charge is 0.399 e. The first-order valence-corrected chi connectivity index (χ1v) is 7.44. The first kappa shape index (κ1) is 15.3. The normalized spacial score (nSPS) is 9.96. The van der Waals surface area contributed by atoms with Gasteiger partial charge in [0.1, 0.15) is 6.07 Å². The quantitative estimate of drug-likeness (QED) is 0.561. The highest BCUT2D eigenvalue weighted by molar-refractivity contribution is 6.09. The molecule has 0 atom stereocenters. The fraction of sp³-hybridized carbons (Fsp3) is 0. The molecule has 116 valence electrons. The fourth-order valence-corrected chi connectivity index (χ4v) is 2.38. The highest BCUT2D eigenvalue weighted by atomic mass is 16.1. The number of nitriles is 1. The summed E-state index contributed by atoms with van der Waals surface area (Å²) in [5.74, 6) is -0.0210. The minimum absolute atomic E-state index is 0.0210. The smallest absolute Gasteiger partial charge is 0.193 e. The van der Waals surface area contributed by atoms with Crippen LogP contribution in [0.3, 0.4) is 0 Å². The third-order valence-corrected chi connectivity index (χ3v) is 3.63. The summed E-state index contributed by atoms with van der Waals surface area (Å²) in [6.07, 6.45) is 0. The molecule has 0 aliphatic rings. The van der Waals surface area contributed by atoms with Crippen molar-refractivity contribution in [2.45, 2.75) is 0 Å². The van der Waals surface area contributed by atoms with Gasteiger partial charge in [-0.3, -0.25) is 4.79 Å². The lowest BCUT2D eigenvalue weighted by Gasteiger charge is -2.09. The number of carbonyl (C=O) groups is 1. The molecule has 4 nitrogen and oxygen atoms in total. The van der Waals surface area contributed by atoms with E-state index in [1.165, 1.54) is 0 Å². The van der Waals surface area contributed by atoms with Crippen molar-refractivity contribution in [3.8, 4) is 6.07 Å².